The van der Waals surface area contributed by atoms with E-state index in [2.05, 4.69) is 19.6 Å². The third-order valence-corrected chi connectivity index (χ3v) is 4.88. The Morgan fingerprint density at radius 1 is 1.45 bits per heavy atom. The number of aryl methyl sites for hydroxylation is 1. The van der Waals surface area contributed by atoms with Gasteiger partial charge in [0.2, 0.25) is 0 Å². The third-order valence-electron chi connectivity index (χ3n) is 3.47. The molecule has 3 rings (SSSR count). The van der Waals surface area contributed by atoms with Crippen molar-refractivity contribution in [1.82, 2.24) is 19.6 Å². The number of carbonyl (C=O) groups excluding carboxylic acids is 1. The van der Waals surface area contributed by atoms with Crippen molar-refractivity contribution in [2.24, 2.45) is 0 Å². The van der Waals surface area contributed by atoms with Crippen LogP contribution in [0.4, 0.5) is 5.00 Å². The molecule has 0 radical (unpaired) electrons. The van der Waals surface area contributed by atoms with E-state index < -0.39 is 0 Å². The van der Waals surface area contributed by atoms with E-state index in [1.54, 1.807) is 6.92 Å². The molecular formula is C14H15N5OS2. The fourth-order valence-corrected chi connectivity index (χ4v) is 3.88. The summed E-state index contributed by atoms with van der Waals surface area (Å²) in [6.45, 7) is 5.54. The first kappa shape index (κ1) is 14.9. The van der Waals surface area contributed by atoms with Gasteiger partial charge in [-0.2, -0.15) is 0 Å². The Kier molecular flexibility index (Phi) is 3.79. The monoisotopic (exact) mass is 333 g/mol. The highest BCUT2D eigenvalue weighted by molar-refractivity contribution is 7.14. The normalized spacial score (nSPS) is 11.0. The molecule has 0 unspecified atom stereocenters. The van der Waals surface area contributed by atoms with E-state index in [1.165, 1.54) is 11.3 Å². The number of ketones is 1. The summed E-state index contributed by atoms with van der Waals surface area (Å²) in [7, 11) is 0. The van der Waals surface area contributed by atoms with Gasteiger partial charge in [-0.1, -0.05) is 11.4 Å². The van der Waals surface area contributed by atoms with Gasteiger partial charge in [-0.25, -0.2) is 4.98 Å². The average Bonchev–Trinajstić information content (AvgIpc) is 3.15. The Bertz CT molecular complexity index is 845. The number of H-pyrrole nitrogens is 1. The molecular weight excluding hydrogens is 318 g/mol. The van der Waals surface area contributed by atoms with E-state index in [1.807, 2.05) is 19.2 Å². The summed E-state index contributed by atoms with van der Waals surface area (Å²) in [5, 5.41) is 7.26. The molecule has 3 N–H and O–H groups in total. The number of anilines is 1. The molecule has 0 saturated carbocycles. The van der Waals surface area contributed by atoms with Crippen LogP contribution in [0.1, 0.15) is 35.5 Å². The highest BCUT2D eigenvalue weighted by Crippen LogP contribution is 2.34. The van der Waals surface area contributed by atoms with Crippen LogP contribution in [-0.4, -0.2) is 25.3 Å². The molecule has 0 aliphatic heterocycles. The molecule has 114 valence electrons. The maximum Gasteiger partial charge on any atom is 0.161 e. The zero-order chi connectivity index (χ0) is 15.9. The van der Waals surface area contributed by atoms with Crippen LogP contribution in [-0.2, 0) is 6.42 Å². The van der Waals surface area contributed by atoms with Gasteiger partial charge in [0.05, 0.1) is 11.4 Å². The molecule has 0 bridgehead atoms. The predicted molar refractivity (Wildman–Crippen MR) is 89.3 cm³/mol. The van der Waals surface area contributed by atoms with E-state index in [0.717, 1.165) is 51.2 Å². The summed E-state index contributed by atoms with van der Waals surface area (Å²) >= 11 is 2.62. The summed E-state index contributed by atoms with van der Waals surface area (Å²) in [5.74, 6) is 0.0697. The van der Waals surface area contributed by atoms with Crippen molar-refractivity contribution in [2.45, 2.75) is 27.2 Å². The number of aromatic nitrogens is 4. The molecule has 0 saturated heterocycles. The minimum Gasteiger partial charge on any atom is -0.387 e. The van der Waals surface area contributed by atoms with Gasteiger partial charge in [0, 0.05) is 28.2 Å². The lowest BCUT2D eigenvalue weighted by Gasteiger charge is -2.00. The molecule has 0 aliphatic rings. The first-order chi connectivity index (χ1) is 10.5. The number of nitrogens with one attached hydrogen (secondary N) is 1. The van der Waals surface area contributed by atoms with Crippen molar-refractivity contribution in [2.75, 3.05) is 5.73 Å². The van der Waals surface area contributed by atoms with Gasteiger partial charge in [-0.15, -0.1) is 16.4 Å². The lowest BCUT2D eigenvalue weighted by atomic mass is 10.0. The van der Waals surface area contributed by atoms with Gasteiger partial charge in [0.1, 0.15) is 10.0 Å². The van der Waals surface area contributed by atoms with Crippen LogP contribution >= 0.6 is 22.9 Å². The van der Waals surface area contributed by atoms with E-state index in [4.69, 9.17) is 5.73 Å². The first-order valence-electron chi connectivity index (χ1n) is 6.79. The first-order valence-corrected chi connectivity index (χ1v) is 8.44. The summed E-state index contributed by atoms with van der Waals surface area (Å²) in [6.07, 6.45) is 0.766. The van der Waals surface area contributed by atoms with E-state index in [9.17, 15) is 4.79 Å². The van der Waals surface area contributed by atoms with E-state index >= 15 is 0 Å². The number of nitrogen functional groups attached to an aromatic ring is 1. The summed E-state index contributed by atoms with van der Waals surface area (Å²) in [4.78, 5) is 19.8. The van der Waals surface area contributed by atoms with Gasteiger partial charge in [0.15, 0.2) is 11.5 Å². The number of nitrogens with two attached hydrogens (primary N) is 1. The minimum absolute atomic E-state index is 0.0697. The van der Waals surface area contributed by atoms with Crippen molar-refractivity contribution < 1.29 is 4.79 Å². The Morgan fingerprint density at radius 3 is 2.82 bits per heavy atom. The number of nitrogens with zero attached hydrogens (tertiary/aromatic N) is 3. The molecule has 8 heteroatoms. The highest BCUT2D eigenvalue weighted by atomic mass is 32.1. The standard InChI is InChI=1S/C14H15N5OS2/c1-4-8-10(7(3)20)6(2)16-11(8)9-5-21-14(17-9)12-13(15)22-19-18-12/h5,16H,4,15H2,1-3H3. The van der Waals surface area contributed by atoms with Gasteiger partial charge in [-0.3, -0.25) is 4.79 Å². The minimum atomic E-state index is 0.0697. The van der Waals surface area contributed by atoms with Crippen LogP contribution in [0, 0.1) is 6.92 Å². The summed E-state index contributed by atoms with van der Waals surface area (Å²) < 4.78 is 3.84. The number of carbonyl (C=O) groups is 1. The molecule has 0 aromatic carbocycles. The zero-order valence-electron chi connectivity index (χ0n) is 12.4. The number of hydrogen-bond donors (Lipinski definition) is 2. The van der Waals surface area contributed by atoms with Gasteiger partial charge in [0.25, 0.3) is 0 Å². The highest BCUT2D eigenvalue weighted by Gasteiger charge is 2.21. The lowest BCUT2D eigenvalue weighted by Crippen LogP contribution is -1.97. The second-order valence-corrected chi connectivity index (χ2v) is 6.56. The molecule has 3 heterocycles. The Morgan fingerprint density at radius 2 is 2.23 bits per heavy atom. The van der Waals surface area contributed by atoms with Crippen LogP contribution in [0.15, 0.2) is 5.38 Å². The summed E-state index contributed by atoms with van der Waals surface area (Å²) in [5.41, 5.74) is 10.8. The van der Waals surface area contributed by atoms with Crippen molar-refractivity contribution in [3.8, 4) is 22.1 Å². The van der Waals surface area contributed by atoms with Crippen LogP contribution < -0.4 is 5.73 Å². The van der Waals surface area contributed by atoms with Gasteiger partial charge in [-0.05, 0) is 25.8 Å². The van der Waals surface area contributed by atoms with Crippen LogP contribution in [0.25, 0.3) is 22.1 Å². The quantitative estimate of drug-likeness (QED) is 0.714. The SMILES string of the molecule is CCc1c(-c2csc(-c3nnsc3N)n2)[nH]c(C)c1C(C)=O. The molecule has 6 nitrogen and oxygen atoms in total. The number of aromatic amines is 1. The number of rotatable bonds is 4. The largest absolute Gasteiger partial charge is 0.387 e. The van der Waals surface area contributed by atoms with E-state index in [0.29, 0.717) is 10.7 Å². The third kappa shape index (κ3) is 2.34. The average molecular weight is 333 g/mol. The second kappa shape index (κ2) is 5.62. The number of thiazole rings is 1. The maximum absolute atomic E-state index is 11.9. The number of hydrogen-bond acceptors (Lipinski definition) is 7. The van der Waals surface area contributed by atoms with Crippen LogP contribution in [0.5, 0.6) is 0 Å². The zero-order valence-corrected chi connectivity index (χ0v) is 14.1. The van der Waals surface area contributed by atoms with Crippen molar-refractivity contribution in [3.05, 3.63) is 22.2 Å². The molecule has 0 fully saturated rings. The van der Waals surface area contributed by atoms with Gasteiger partial charge >= 0.3 is 0 Å². The van der Waals surface area contributed by atoms with Crippen LogP contribution in [0.3, 0.4) is 0 Å². The van der Waals surface area contributed by atoms with Crippen molar-refractivity contribution in [1.29, 1.82) is 0 Å². The number of Topliss-reactive ketones (excluding diaryl/α,β-unsaturated/α-hetero) is 1. The molecule has 0 spiro atoms. The Balaban J connectivity index is 2.10. The lowest BCUT2D eigenvalue weighted by molar-refractivity contribution is 0.101. The van der Waals surface area contributed by atoms with Crippen molar-refractivity contribution in [3.63, 3.8) is 0 Å². The summed E-state index contributed by atoms with van der Waals surface area (Å²) in [6, 6.07) is 0. The predicted octanol–water partition coefficient (Wildman–Crippen LogP) is 3.31. The Labute approximate surface area is 135 Å². The second-order valence-electron chi connectivity index (χ2n) is 4.91. The molecule has 3 aromatic rings. The fraction of sp³-hybridized carbons (Fsp3) is 0.286. The molecule has 3 aromatic heterocycles. The van der Waals surface area contributed by atoms with E-state index in [-0.39, 0.29) is 5.78 Å². The molecule has 0 atom stereocenters. The topological polar surface area (TPSA) is 97.5 Å². The van der Waals surface area contributed by atoms with Gasteiger partial charge < -0.3 is 10.7 Å². The smallest absolute Gasteiger partial charge is 0.161 e. The molecule has 0 amide bonds. The molecule has 22 heavy (non-hydrogen) atoms. The van der Waals surface area contributed by atoms with Crippen LogP contribution in [0.2, 0.25) is 0 Å². The maximum atomic E-state index is 11.9. The fourth-order valence-electron chi connectivity index (χ4n) is 2.57. The van der Waals surface area contributed by atoms with Crippen molar-refractivity contribution >= 4 is 33.7 Å². The molecule has 0 aliphatic carbocycles. The Hall–Kier alpha value is -2.06.